The lowest BCUT2D eigenvalue weighted by Gasteiger charge is -2.27. The first-order valence-electron chi connectivity index (χ1n) is 4.61. The van der Waals surface area contributed by atoms with Crippen LogP contribution < -0.4 is 4.74 Å². The Kier molecular flexibility index (Phi) is 2.55. The van der Waals surface area contributed by atoms with E-state index in [1.807, 2.05) is 0 Å². The maximum Gasteiger partial charge on any atom is 0.341 e. The minimum atomic E-state index is -1.03. The summed E-state index contributed by atoms with van der Waals surface area (Å²) in [5, 5.41) is 8.91. The van der Waals surface area contributed by atoms with Gasteiger partial charge in [-0.3, -0.25) is 4.98 Å². The second-order valence-corrected chi connectivity index (χ2v) is 3.40. The second kappa shape index (κ2) is 3.86. The van der Waals surface area contributed by atoms with Gasteiger partial charge in [0.25, 0.3) is 0 Å². The van der Waals surface area contributed by atoms with Crippen molar-refractivity contribution in [3.8, 4) is 5.75 Å². The summed E-state index contributed by atoms with van der Waals surface area (Å²) >= 11 is 0. The number of rotatable bonds is 3. The van der Waals surface area contributed by atoms with Crippen LogP contribution in [0.4, 0.5) is 0 Å². The molecule has 0 unspecified atom stereocenters. The van der Waals surface area contributed by atoms with Crippen LogP contribution in [0, 0.1) is 6.92 Å². The summed E-state index contributed by atoms with van der Waals surface area (Å²) in [6, 6.07) is 1.63. The molecule has 5 heteroatoms. The fourth-order valence-electron chi connectivity index (χ4n) is 1.25. The van der Waals surface area contributed by atoms with Crippen molar-refractivity contribution in [2.24, 2.45) is 0 Å². The van der Waals surface area contributed by atoms with Crippen LogP contribution in [0.15, 0.2) is 12.3 Å². The third-order valence-electron chi connectivity index (χ3n) is 2.13. The maximum absolute atomic E-state index is 10.9. The summed E-state index contributed by atoms with van der Waals surface area (Å²) in [5.41, 5.74) is 0.822. The molecule has 0 radical (unpaired) electrons. The van der Waals surface area contributed by atoms with Crippen molar-refractivity contribution in [1.29, 1.82) is 0 Å². The number of hydrogen-bond acceptors (Lipinski definition) is 4. The molecule has 80 valence electrons. The molecule has 0 aromatic carbocycles. The van der Waals surface area contributed by atoms with Gasteiger partial charge in [0, 0.05) is 18.0 Å². The van der Waals surface area contributed by atoms with Gasteiger partial charge in [-0.2, -0.15) is 0 Å². The van der Waals surface area contributed by atoms with Gasteiger partial charge in [-0.15, -0.1) is 0 Å². The molecule has 5 nitrogen and oxygen atoms in total. The SMILES string of the molecule is Cc1cc(OC2COC2)c(C(=O)O)cn1. The van der Waals surface area contributed by atoms with Gasteiger partial charge < -0.3 is 14.6 Å². The Bertz CT molecular complexity index is 387. The summed E-state index contributed by atoms with van der Waals surface area (Å²) in [7, 11) is 0. The number of aromatic nitrogens is 1. The van der Waals surface area contributed by atoms with Crippen LogP contribution in [-0.2, 0) is 4.74 Å². The largest absolute Gasteiger partial charge is 0.485 e. The van der Waals surface area contributed by atoms with Gasteiger partial charge in [-0.25, -0.2) is 4.79 Å². The number of carboxylic acid groups (broad SMARTS) is 1. The number of aromatic carboxylic acids is 1. The molecule has 2 heterocycles. The Morgan fingerprint density at radius 3 is 2.93 bits per heavy atom. The van der Waals surface area contributed by atoms with Crippen LogP contribution in [0.3, 0.4) is 0 Å². The summed E-state index contributed by atoms with van der Waals surface area (Å²) in [4.78, 5) is 14.8. The van der Waals surface area contributed by atoms with Gasteiger partial charge in [0.2, 0.25) is 0 Å². The van der Waals surface area contributed by atoms with Gasteiger partial charge in [0.1, 0.15) is 17.4 Å². The molecular formula is C10H11NO4. The molecule has 0 saturated carbocycles. The highest BCUT2D eigenvalue weighted by atomic mass is 16.6. The van der Waals surface area contributed by atoms with Crippen molar-refractivity contribution in [2.45, 2.75) is 13.0 Å². The minimum absolute atomic E-state index is 0.0371. The normalized spacial score (nSPS) is 15.8. The van der Waals surface area contributed by atoms with E-state index in [2.05, 4.69) is 4.98 Å². The Morgan fingerprint density at radius 2 is 2.40 bits per heavy atom. The van der Waals surface area contributed by atoms with Gasteiger partial charge >= 0.3 is 5.97 Å². The molecule has 1 saturated heterocycles. The summed E-state index contributed by atoms with van der Waals surface area (Å²) in [6.07, 6.45) is 1.27. The van der Waals surface area contributed by atoms with Crippen molar-refractivity contribution in [3.63, 3.8) is 0 Å². The van der Waals surface area contributed by atoms with Crippen LogP contribution in [0.25, 0.3) is 0 Å². The van der Waals surface area contributed by atoms with E-state index in [9.17, 15) is 4.79 Å². The molecule has 1 aromatic heterocycles. The average Bonchev–Trinajstić information content (AvgIpc) is 2.11. The van der Waals surface area contributed by atoms with Crippen LogP contribution in [0.2, 0.25) is 0 Å². The molecule has 0 spiro atoms. The first-order chi connectivity index (χ1) is 7.16. The highest BCUT2D eigenvalue weighted by Gasteiger charge is 2.23. The molecule has 0 amide bonds. The average molecular weight is 209 g/mol. The standard InChI is InChI=1S/C10H11NO4/c1-6-2-9(15-7-4-14-5-7)8(3-11-6)10(12)13/h2-3,7H,4-5H2,1H3,(H,12,13). The topological polar surface area (TPSA) is 68.7 Å². The lowest BCUT2D eigenvalue weighted by atomic mass is 10.2. The Labute approximate surface area is 86.7 Å². The molecule has 15 heavy (non-hydrogen) atoms. The molecule has 1 aromatic rings. The fourth-order valence-corrected chi connectivity index (χ4v) is 1.25. The van der Waals surface area contributed by atoms with E-state index >= 15 is 0 Å². The van der Waals surface area contributed by atoms with E-state index in [1.165, 1.54) is 6.20 Å². The number of carboxylic acids is 1. The zero-order valence-electron chi connectivity index (χ0n) is 8.27. The van der Waals surface area contributed by atoms with Crippen molar-refractivity contribution in [2.75, 3.05) is 13.2 Å². The summed E-state index contributed by atoms with van der Waals surface area (Å²) < 4.78 is 10.4. The minimum Gasteiger partial charge on any atom is -0.485 e. The number of pyridine rings is 1. The first kappa shape index (κ1) is 9.92. The number of ether oxygens (including phenoxy) is 2. The number of aryl methyl sites for hydroxylation is 1. The van der Waals surface area contributed by atoms with Crippen LogP contribution in [0.5, 0.6) is 5.75 Å². The van der Waals surface area contributed by atoms with Gasteiger partial charge in [-0.1, -0.05) is 0 Å². The summed E-state index contributed by atoms with van der Waals surface area (Å²) in [6.45, 7) is 2.82. The molecule has 1 aliphatic rings. The van der Waals surface area contributed by atoms with Crippen molar-refractivity contribution < 1.29 is 19.4 Å². The predicted molar refractivity (Wildman–Crippen MR) is 51.2 cm³/mol. The molecule has 0 aliphatic carbocycles. The molecule has 1 aliphatic heterocycles. The van der Waals surface area contributed by atoms with Crippen molar-refractivity contribution in [3.05, 3.63) is 23.5 Å². The van der Waals surface area contributed by atoms with Gasteiger partial charge in [-0.05, 0) is 6.92 Å². The smallest absolute Gasteiger partial charge is 0.341 e. The van der Waals surface area contributed by atoms with E-state index in [-0.39, 0.29) is 11.7 Å². The molecule has 1 fully saturated rings. The highest BCUT2D eigenvalue weighted by molar-refractivity contribution is 5.90. The quantitative estimate of drug-likeness (QED) is 0.799. The molecule has 2 rings (SSSR count). The predicted octanol–water partition coefficient (Wildman–Crippen LogP) is 0.866. The maximum atomic E-state index is 10.9. The molecule has 0 atom stereocenters. The van der Waals surface area contributed by atoms with Crippen molar-refractivity contribution in [1.82, 2.24) is 4.98 Å². The third kappa shape index (κ3) is 2.07. The highest BCUT2D eigenvalue weighted by Crippen LogP contribution is 2.21. The third-order valence-corrected chi connectivity index (χ3v) is 2.13. The van der Waals surface area contributed by atoms with Crippen LogP contribution >= 0.6 is 0 Å². The number of nitrogens with zero attached hydrogens (tertiary/aromatic N) is 1. The van der Waals surface area contributed by atoms with E-state index in [0.29, 0.717) is 19.0 Å². The molecule has 1 N–H and O–H groups in total. The summed E-state index contributed by atoms with van der Waals surface area (Å²) in [5.74, 6) is -0.666. The van der Waals surface area contributed by atoms with E-state index in [4.69, 9.17) is 14.6 Å². The van der Waals surface area contributed by atoms with E-state index in [1.54, 1.807) is 13.0 Å². The van der Waals surface area contributed by atoms with Crippen LogP contribution in [-0.4, -0.2) is 35.4 Å². The Balaban J connectivity index is 2.24. The zero-order chi connectivity index (χ0) is 10.8. The number of carbonyl (C=O) groups is 1. The Morgan fingerprint density at radius 1 is 1.67 bits per heavy atom. The molecular weight excluding hydrogens is 198 g/mol. The lowest BCUT2D eigenvalue weighted by molar-refractivity contribution is -0.0799. The van der Waals surface area contributed by atoms with Crippen molar-refractivity contribution >= 4 is 5.97 Å². The lowest BCUT2D eigenvalue weighted by Crippen LogP contribution is -2.38. The molecule has 0 bridgehead atoms. The monoisotopic (exact) mass is 209 g/mol. The van der Waals surface area contributed by atoms with Crippen LogP contribution in [0.1, 0.15) is 16.1 Å². The van der Waals surface area contributed by atoms with Gasteiger partial charge in [0.15, 0.2) is 0 Å². The fraction of sp³-hybridized carbons (Fsp3) is 0.400. The number of hydrogen-bond donors (Lipinski definition) is 1. The van der Waals surface area contributed by atoms with E-state index in [0.717, 1.165) is 5.69 Å². The van der Waals surface area contributed by atoms with E-state index < -0.39 is 5.97 Å². The second-order valence-electron chi connectivity index (χ2n) is 3.40. The first-order valence-corrected chi connectivity index (χ1v) is 4.61. The zero-order valence-corrected chi connectivity index (χ0v) is 8.27. The Hall–Kier alpha value is -1.62. The van der Waals surface area contributed by atoms with Gasteiger partial charge in [0.05, 0.1) is 13.2 Å².